The second-order valence-electron chi connectivity index (χ2n) is 5.17. The summed E-state index contributed by atoms with van der Waals surface area (Å²) in [4.78, 5) is 12.2. The number of carbonyl (C=O) groups excluding carboxylic acids is 1. The van der Waals surface area contributed by atoms with Crippen molar-refractivity contribution in [1.29, 1.82) is 0 Å². The first-order valence-corrected chi connectivity index (χ1v) is 8.27. The summed E-state index contributed by atoms with van der Waals surface area (Å²) in [5.74, 6) is 1.50. The summed E-state index contributed by atoms with van der Waals surface area (Å²) >= 11 is 1.36. The molecule has 0 aliphatic heterocycles. The van der Waals surface area contributed by atoms with Crippen LogP contribution in [-0.4, -0.2) is 43.2 Å². The SMILES string of the molecule is COc1nn(C)cc1-c1nnc(SCC(=O)c2ccccc2)n1C. The van der Waals surface area contributed by atoms with Crippen LogP contribution in [0.2, 0.25) is 0 Å². The van der Waals surface area contributed by atoms with E-state index in [0.29, 0.717) is 28.2 Å². The summed E-state index contributed by atoms with van der Waals surface area (Å²) in [5.41, 5.74) is 1.46. The zero-order valence-corrected chi connectivity index (χ0v) is 14.4. The number of aryl methyl sites for hydroxylation is 1. The van der Waals surface area contributed by atoms with Gasteiger partial charge in [0, 0.05) is 25.9 Å². The lowest BCUT2D eigenvalue weighted by Gasteiger charge is -2.03. The van der Waals surface area contributed by atoms with Crippen LogP contribution in [0, 0.1) is 0 Å². The third kappa shape index (κ3) is 3.18. The van der Waals surface area contributed by atoms with E-state index in [1.165, 1.54) is 11.8 Å². The molecule has 3 aromatic rings. The normalized spacial score (nSPS) is 10.8. The minimum absolute atomic E-state index is 0.0594. The van der Waals surface area contributed by atoms with Crippen molar-refractivity contribution in [2.24, 2.45) is 14.1 Å². The summed E-state index contributed by atoms with van der Waals surface area (Å²) < 4.78 is 8.76. The summed E-state index contributed by atoms with van der Waals surface area (Å²) in [7, 11) is 5.24. The molecule has 0 spiro atoms. The summed E-state index contributed by atoms with van der Waals surface area (Å²) in [5, 5.41) is 13.3. The third-order valence-electron chi connectivity index (χ3n) is 3.49. The highest BCUT2D eigenvalue weighted by atomic mass is 32.2. The van der Waals surface area contributed by atoms with Crippen molar-refractivity contribution < 1.29 is 9.53 Å². The molecule has 0 unspecified atom stereocenters. The molecule has 1 aromatic carbocycles. The van der Waals surface area contributed by atoms with Crippen LogP contribution in [0.4, 0.5) is 0 Å². The molecule has 0 fully saturated rings. The van der Waals surface area contributed by atoms with Gasteiger partial charge in [-0.15, -0.1) is 15.3 Å². The second-order valence-corrected chi connectivity index (χ2v) is 6.11. The molecular formula is C16H17N5O2S. The van der Waals surface area contributed by atoms with Crippen molar-refractivity contribution in [3.8, 4) is 17.3 Å². The molecule has 124 valence electrons. The van der Waals surface area contributed by atoms with Crippen LogP contribution in [0.1, 0.15) is 10.4 Å². The van der Waals surface area contributed by atoms with E-state index in [4.69, 9.17) is 4.74 Å². The smallest absolute Gasteiger partial charge is 0.243 e. The predicted molar refractivity (Wildman–Crippen MR) is 91.3 cm³/mol. The maximum Gasteiger partial charge on any atom is 0.243 e. The number of nitrogens with zero attached hydrogens (tertiary/aromatic N) is 5. The molecule has 24 heavy (non-hydrogen) atoms. The number of carbonyl (C=O) groups is 1. The Bertz CT molecular complexity index is 857. The maximum absolute atomic E-state index is 12.2. The van der Waals surface area contributed by atoms with Gasteiger partial charge in [-0.25, -0.2) is 0 Å². The summed E-state index contributed by atoms with van der Waals surface area (Å²) in [6.07, 6.45) is 1.83. The van der Waals surface area contributed by atoms with Crippen molar-refractivity contribution in [3.05, 3.63) is 42.1 Å². The fourth-order valence-electron chi connectivity index (χ4n) is 2.28. The topological polar surface area (TPSA) is 74.8 Å². The van der Waals surface area contributed by atoms with E-state index in [1.54, 1.807) is 11.8 Å². The van der Waals surface area contributed by atoms with Crippen molar-refractivity contribution in [1.82, 2.24) is 24.5 Å². The molecule has 0 bridgehead atoms. The number of hydrogen-bond donors (Lipinski definition) is 0. The van der Waals surface area contributed by atoms with Gasteiger partial charge < -0.3 is 9.30 Å². The van der Waals surface area contributed by atoms with E-state index < -0.39 is 0 Å². The van der Waals surface area contributed by atoms with Crippen LogP contribution >= 0.6 is 11.8 Å². The Balaban J connectivity index is 1.77. The van der Waals surface area contributed by atoms with E-state index in [0.717, 1.165) is 5.56 Å². The Hall–Kier alpha value is -2.61. The van der Waals surface area contributed by atoms with Crippen molar-refractivity contribution in [2.45, 2.75) is 5.16 Å². The zero-order chi connectivity index (χ0) is 17.1. The number of ketones is 1. The van der Waals surface area contributed by atoms with Crippen LogP contribution in [0.15, 0.2) is 41.7 Å². The Labute approximate surface area is 143 Å². The lowest BCUT2D eigenvalue weighted by atomic mass is 10.2. The van der Waals surface area contributed by atoms with Gasteiger partial charge >= 0.3 is 0 Å². The number of aromatic nitrogens is 5. The van der Waals surface area contributed by atoms with Gasteiger partial charge in [-0.3, -0.25) is 9.48 Å². The number of ether oxygens (including phenoxy) is 1. The molecule has 0 aliphatic carbocycles. The number of rotatable bonds is 6. The van der Waals surface area contributed by atoms with Crippen molar-refractivity contribution in [3.63, 3.8) is 0 Å². The number of Topliss-reactive ketones (excluding diaryl/α,β-unsaturated/α-hetero) is 1. The van der Waals surface area contributed by atoms with Gasteiger partial charge in [0.25, 0.3) is 0 Å². The van der Waals surface area contributed by atoms with Crippen LogP contribution in [0.5, 0.6) is 5.88 Å². The lowest BCUT2D eigenvalue weighted by Crippen LogP contribution is -2.03. The maximum atomic E-state index is 12.2. The van der Waals surface area contributed by atoms with Gasteiger partial charge in [0.2, 0.25) is 5.88 Å². The molecule has 0 N–H and O–H groups in total. The predicted octanol–water partition coefficient (Wildman–Crippen LogP) is 2.20. The summed E-state index contributed by atoms with van der Waals surface area (Å²) in [6, 6.07) is 9.22. The standard InChI is InChI=1S/C16H17N5O2S/c1-20-9-12(15(19-20)23-3)14-17-18-16(21(14)2)24-10-13(22)11-7-5-4-6-8-11/h4-9H,10H2,1-3H3. The minimum atomic E-state index is 0.0594. The van der Waals surface area contributed by atoms with Gasteiger partial charge in [-0.2, -0.15) is 0 Å². The molecule has 2 heterocycles. The monoisotopic (exact) mass is 343 g/mol. The fourth-order valence-corrected chi connectivity index (χ4v) is 3.09. The molecule has 0 amide bonds. The number of thioether (sulfide) groups is 1. The first-order chi connectivity index (χ1) is 11.6. The Morgan fingerprint density at radius 1 is 1.21 bits per heavy atom. The molecule has 0 saturated heterocycles. The third-order valence-corrected chi connectivity index (χ3v) is 4.51. The number of hydrogen-bond acceptors (Lipinski definition) is 6. The molecule has 2 aromatic heterocycles. The first kappa shape index (κ1) is 16.3. The molecule has 0 radical (unpaired) electrons. The fraction of sp³-hybridized carbons (Fsp3) is 0.250. The van der Waals surface area contributed by atoms with Crippen LogP contribution < -0.4 is 4.74 Å². The molecule has 8 heteroatoms. The van der Waals surface area contributed by atoms with E-state index in [9.17, 15) is 4.79 Å². The molecule has 3 rings (SSSR count). The minimum Gasteiger partial charge on any atom is -0.479 e. The molecule has 0 atom stereocenters. The quantitative estimate of drug-likeness (QED) is 0.504. The molecule has 0 saturated carbocycles. The van der Waals surface area contributed by atoms with Crippen LogP contribution in [0.25, 0.3) is 11.4 Å². The van der Waals surface area contributed by atoms with E-state index >= 15 is 0 Å². The molecule has 7 nitrogen and oxygen atoms in total. The highest BCUT2D eigenvalue weighted by Crippen LogP contribution is 2.29. The lowest BCUT2D eigenvalue weighted by molar-refractivity contribution is 0.102. The average Bonchev–Trinajstić information content (AvgIpc) is 3.15. The summed E-state index contributed by atoms with van der Waals surface area (Å²) in [6.45, 7) is 0. The van der Waals surface area contributed by atoms with Gasteiger partial charge in [0.05, 0.1) is 12.9 Å². The van der Waals surface area contributed by atoms with Crippen LogP contribution in [0.3, 0.4) is 0 Å². The highest BCUT2D eigenvalue weighted by molar-refractivity contribution is 7.99. The highest BCUT2D eigenvalue weighted by Gasteiger charge is 2.19. The van der Waals surface area contributed by atoms with Gasteiger partial charge in [0.1, 0.15) is 5.56 Å². The number of benzene rings is 1. The molecular weight excluding hydrogens is 326 g/mol. The van der Waals surface area contributed by atoms with Gasteiger partial charge in [-0.1, -0.05) is 42.1 Å². The van der Waals surface area contributed by atoms with E-state index in [2.05, 4.69) is 15.3 Å². The second kappa shape index (κ2) is 6.88. The van der Waals surface area contributed by atoms with E-state index in [1.807, 2.05) is 55.2 Å². The van der Waals surface area contributed by atoms with Crippen LogP contribution in [-0.2, 0) is 14.1 Å². The van der Waals surface area contributed by atoms with Gasteiger partial charge in [0.15, 0.2) is 16.8 Å². The van der Waals surface area contributed by atoms with E-state index in [-0.39, 0.29) is 5.78 Å². The van der Waals surface area contributed by atoms with Crippen molar-refractivity contribution >= 4 is 17.5 Å². The average molecular weight is 343 g/mol. The van der Waals surface area contributed by atoms with Crippen molar-refractivity contribution in [2.75, 3.05) is 12.9 Å². The number of methoxy groups -OCH3 is 1. The zero-order valence-electron chi connectivity index (χ0n) is 13.6. The molecule has 0 aliphatic rings. The Morgan fingerprint density at radius 2 is 1.96 bits per heavy atom. The Morgan fingerprint density at radius 3 is 2.67 bits per heavy atom. The largest absolute Gasteiger partial charge is 0.479 e. The first-order valence-electron chi connectivity index (χ1n) is 7.28. The Kier molecular flexibility index (Phi) is 4.66. The van der Waals surface area contributed by atoms with Gasteiger partial charge in [-0.05, 0) is 0 Å².